The number of rotatable bonds is 45. The molecule has 3 unspecified atom stereocenters. The Balaban J connectivity index is -0.000000872. The minimum atomic E-state index is -0.689. The third-order valence-corrected chi connectivity index (χ3v) is 11.4. The third kappa shape index (κ3) is 63.8. The smallest absolute Gasteiger partial charge is 0.305 e. The molecule has 0 saturated heterocycles. The van der Waals surface area contributed by atoms with Crippen LogP contribution in [0.15, 0.2) is 36.5 Å². The van der Waals surface area contributed by atoms with E-state index in [1.54, 1.807) is 0 Å². The molecule has 0 heterocycles. The lowest BCUT2D eigenvalue weighted by Gasteiger charge is -2.07. The topological polar surface area (TPSA) is 162 Å². The lowest BCUT2D eigenvalue weighted by Crippen LogP contribution is -2.04. The van der Waals surface area contributed by atoms with E-state index in [9.17, 15) is 29.7 Å². The number of carbonyl (C=O) groups is 3. The predicted octanol–water partition coefficient (Wildman–Crippen LogP) is 15.3. The molecule has 0 rings (SSSR count). The van der Waals surface area contributed by atoms with Gasteiger partial charge in [-0.3, -0.25) is 14.4 Å². The van der Waals surface area contributed by atoms with Crippen molar-refractivity contribution in [3.05, 3.63) is 36.5 Å². The van der Waals surface area contributed by atoms with Crippen molar-refractivity contribution in [2.75, 3.05) is 7.11 Å². The van der Waals surface area contributed by atoms with Gasteiger partial charge in [0, 0.05) is 19.3 Å². The molecule has 0 bridgehead atoms. The summed E-state index contributed by atoms with van der Waals surface area (Å²) in [5.41, 5.74) is 0. The summed E-state index contributed by atoms with van der Waals surface area (Å²) in [6.45, 7) is 6.61. The number of aliphatic hydroxyl groups is 3. The van der Waals surface area contributed by atoms with Crippen LogP contribution in [0.5, 0.6) is 0 Å². The first-order valence-corrected chi connectivity index (χ1v) is 26.5. The number of methoxy groups -OCH3 is 1. The van der Waals surface area contributed by atoms with Gasteiger partial charge in [-0.15, -0.1) is 0 Å². The number of unbranched alkanes of at least 4 members (excludes halogenated alkanes) is 24. The Hall–Kier alpha value is -2.49. The van der Waals surface area contributed by atoms with Crippen molar-refractivity contribution in [2.24, 2.45) is 0 Å². The number of carbonyl (C=O) groups excluding carboxylic acids is 1. The molecular weight excluding hydrogens is 805 g/mol. The van der Waals surface area contributed by atoms with Gasteiger partial charge in [0.2, 0.25) is 0 Å². The summed E-state index contributed by atoms with van der Waals surface area (Å²) in [6, 6.07) is 0. The highest BCUT2D eigenvalue weighted by molar-refractivity contribution is 5.69. The van der Waals surface area contributed by atoms with Crippen molar-refractivity contribution in [2.45, 2.75) is 289 Å². The van der Waals surface area contributed by atoms with Crippen LogP contribution in [0, 0.1) is 0 Å². The van der Waals surface area contributed by atoms with E-state index >= 15 is 0 Å². The Labute approximate surface area is 394 Å². The molecule has 0 aromatic rings. The fraction of sp³-hybridized carbons (Fsp3) is 0.836. The Morgan fingerprint density at radius 2 is 0.641 bits per heavy atom. The highest BCUT2D eigenvalue weighted by Gasteiger charge is 2.04. The van der Waals surface area contributed by atoms with Crippen molar-refractivity contribution in [1.82, 2.24) is 0 Å². The van der Waals surface area contributed by atoms with Gasteiger partial charge in [-0.1, -0.05) is 192 Å². The average molecular weight is 909 g/mol. The zero-order valence-electron chi connectivity index (χ0n) is 42.1. The normalized spacial score (nSPS) is 12.8. The lowest BCUT2D eigenvalue weighted by molar-refractivity contribution is -0.141. The molecule has 9 nitrogen and oxygen atoms in total. The molecule has 9 heteroatoms. The Morgan fingerprint density at radius 1 is 0.375 bits per heavy atom. The molecule has 0 saturated carbocycles. The van der Waals surface area contributed by atoms with Crippen LogP contribution in [0.25, 0.3) is 0 Å². The zero-order chi connectivity index (χ0) is 48.0. The van der Waals surface area contributed by atoms with E-state index in [2.05, 4.69) is 62.0 Å². The molecule has 0 aliphatic heterocycles. The molecule has 0 aliphatic carbocycles. The molecule has 64 heavy (non-hydrogen) atoms. The average Bonchev–Trinajstić information content (AvgIpc) is 3.27. The van der Waals surface area contributed by atoms with Gasteiger partial charge in [-0.2, -0.15) is 0 Å². The standard InChI is InChI=1S/C19H36O3.2C18H34O3/c1-3-4-5-12-15-18(20)16-13-10-8-6-7-9-11-14-17-19(21)22-2;2*1-2-3-4-11-14-17(19)15-12-9-7-5-6-8-10-13-16-18(20)21/h10,13,18,20H,3-9,11-12,14-17H2,1-2H3;2*9,12,17,19H,2-8,10-11,13-16H2,1H3,(H,20,21)/b13-10-;2*12-9-. The second-order valence-corrected chi connectivity index (χ2v) is 17.9. The monoisotopic (exact) mass is 909 g/mol. The number of aliphatic carboxylic acids is 2. The highest BCUT2D eigenvalue weighted by atomic mass is 16.5. The van der Waals surface area contributed by atoms with Crippen molar-refractivity contribution in [1.29, 1.82) is 0 Å². The largest absolute Gasteiger partial charge is 0.481 e. The van der Waals surface area contributed by atoms with Crippen LogP contribution in [0.1, 0.15) is 271 Å². The molecule has 3 atom stereocenters. The zero-order valence-corrected chi connectivity index (χ0v) is 42.1. The van der Waals surface area contributed by atoms with Crippen molar-refractivity contribution in [3.8, 4) is 0 Å². The molecule has 5 N–H and O–H groups in total. The molecule has 0 amide bonds. The van der Waals surface area contributed by atoms with Crippen molar-refractivity contribution >= 4 is 17.9 Å². The summed E-state index contributed by atoms with van der Waals surface area (Å²) < 4.78 is 4.61. The Bertz CT molecular complexity index is 1000. The quantitative estimate of drug-likeness (QED) is 0.0227. The summed E-state index contributed by atoms with van der Waals surface area (Å²) in [5, 5.41) is 46.4. The van der Waals surface area contributed by atoms with Gasteiger partial charge in [0.25, 0.3) is 0 Å². The second kappa shape index (κ2) is 56.6. The fourth-order valence-electron chi connectivity index (χ4n) is 7.19. The number of carboxylic acids is 2. The number of ether oxygens (including phenoxy) is 1. The van der Waals surface area contributed by atoms with E-state index < -0.39 is 11.9 Å². The van der Waals surface area contributed by atoms with Gasteiger partial charge in [-0.05, 0) is 96.3 Å². The lowest BCUT2D eigenvalue weighted by atomic mass is 10.1. The summed E-state index contributed by atoms with van der Waals surface area (Å²) in [5.74, 6) is -1.48. The maximum Gasteiger partial charge on any atom is 0.305 e. The van der Waals surface area contributed by atoms with Gasteiger partial charge in [0.15, 0.2) is 0 Å². The maximum absolute atomic E-state index is 10.9. The minimum absolute atomic E-state index is 0.101. The van der Waals surface area contributed by atoms with Crippen LogP contribution in [-0.4, -0.2) is 68.9 Å². The number of hydrogen-bond donors (Lipinski definition) is 5. The number of aliphatic hydroxyl groups excluding tert-OH is 3. The van der Waals surface area contributed by atoms with Gasteiger partial charge >= 0.3 is 17.9 Å². The van der Waals surface area contributed by atoms with E-state index in [0.717, 1.165) is 141 Å². The second-order valence-electron chi connectivity index (χ2n) is 17.9. The molecule has 0 aromatic heterocycles. The van der Waals surface area contributed by atoms with Crippen LogP contribution in [0.3, 0.4) is 0 Å². The molecule has 0 aliphatic rings. The van der Waals surface area contributed by atoms with Gasteiger partial charge in [-0.25, -0.2) is 0 Å². The van der Waals surface area contributed by atoms with E-state index in [1.165, 1.54) is 97.0 Å². The van der Waals surface area contributed by atoms with Crippen molar-refractivity contribution < 1.29 is 44.7 Å². The molecule has 378 valence electrons. The molecule has 0 fully saturated rings. The van der Waals surface area contributed by atoms with Crippen LogP contribution in [0.4, 0.5) is 0 Å². The SMILES string of the molecule is CCCCCCC(O)C/C=C\CCCCCCCC(=O)O.CCCCCCC(O)C/C=C\CCCCCCCC(=O)O.CCCCCCC(O)C/C=C\CCCCCCCC(=O)OC. The van der Waals surface area contributed by atoms with E-state index in [-0.39, 0.29) is 24.3 Å². The number of allylic oxidation sites excluding steroid dienone is 3. The van der Waals surface area contributed by atoms with E-state index in [0.29, 0.717) is 19.3 Å². The first-order chi connectivity index (χ1) is 31.0. The predicted molar refractivity (Wildman–Crippen MR) is 270 cm³/mol. The Morgan fingerprint density at radius 3 is 0.922 bits per heavy atom. The fourth-order valence-corrected chi connectivity index (χ4v) is 7.19. The number of esters is 1. The van der Waals surface area contributed by atoms with E-state index in [4.69, 9.17) is 10.2 Å². The maximum atomic E-state index is 10.9. The number of hydrogen-bond acceptors (Lipinski definition) is 7. The van der Waals surface area contributed by atoms with Gasteiger partial charge in [0.1, 0.15) is 0 Å². The Kier molecular flexibility index (Phi) is 58.2. The summed E-state index contributed by atoms with van der Waals surface area (Å²) in [6.07, 6.45) is 52.8. The third-order valence-electron chi connectivity index (χ3n) is 11.4. The van der Waals surface area contributed by atoms with Crippen LogP contribution < -0.4 is 0 Å². The summed E-state index contributed by atoms with van der Waals surface area (Å²) in [7, 11) is 1.44. The van der Waals surface area contributed by atoms with Gasteiger partial charge in [0.05, 0.1) is 25.4 Å². The first-order valence-electron chi connectivity index (χ1n) is 26.5. The summed E-state index contributed by atoms with van der Waals surface area (Å²) >= 11 is 0. The van der Waals surface area contributed by atoms with E-state index in [1.807, 2.05) is 0 Å². The van der Waals surface area contributed by atoms with Crippen molar-refractivity contribution in [3.63, 3.8) is 0 Å². The molecule has 0 aromatic carbocycles. The first kappa shape index (κ1) is 65.8. The van der Waals surface area contributed by atoms with Crippen LogP contribution >= 0.6 is 0 Å². The molecule has 0 radical (unpaired) electrons. The minimum Gasteiger partial charge on any atom is -0.481 e. The highest BCUT2D eigenvalue weighted by Crippen LogP contribution is 2.14. The molecule has 0 spiro atoms. The van der Waals surface area contributed by atoms with Crippen LogP contribution in [0.2, 0.25) is 0 Å². The van der Waals surface area contributed by atoms with Gasteiger partial charge < -0.3 is 30.3 Å². The van der Waals surface area contributed by atoms with Crippen LogP contribution in [-0.2, 0) is 19.1 Å². The molecular formula is C55H104O9. The number of carboxylic acid groups (broad SMARTS) is 2. The summed E-state index contributed by atoms with van der Waals surface area (Å²) in [4.78, 5) is 31.6.